The first-order valence-corrected chi connectivity index (χ1v) is 13.0. The molecule has 0 unspecified atom stereocenters. The molecule has 10 nitrogen and oxygen atoms in total. The molecule has 0 saturated heterocycles. The molecular formula is C28H39N5O5. The summed E-state index contributed by atoms with van der Waals surface area (Å²) in [6.45, 7) is 3.52. The number of likely N-dealkylation sites (N-methyl/N-ethyl adjacent to an activating group) is 1. The average molecular weight is 526 g/mol. The van der Waals surface area contributed by atoms with Gasteiger partial charge in [0.25, 0.3) is 0 Å². The van der Waals surface area contributed by atoms with Gasteiger partial charge in [0.15, 0.2) is 11.5 Å². The smallest absolute Gasteiger partial charge is 0.322 e. The molecule has 2 N–H and O–H groups in total. The SMILES string of the molecule is CCCCCOc1cc(NC(=O)N(CCCO)Cc2cncc3c2ccn3CC(=O)N(C)C)ccc1OC. The molecule has 3 amide bonds. The number of aliphatic hydroxyl groups is 1. The molecule has 0 fully saturated rings. The lowest BCUT2D eigenvalue weighted by molar-refractivity contribution is -0.129. The van der Waals surface area contributed by atoms with E-state index in [2.05, 4.69) is 17.2 Å². The number of pyridine rings is 1. The monoisotopic (exact) mass is 525 g/mol. The van der Waals surface area contributed by atoms with E-state index in [1.807, 2.05) is 16.8 Å². The lowest BCUT2D eigenvalue weighted by Gasteiger charge is -2.23. The van der Waals surface area contributed by atoms with E-state index in [4.69, 9.17) is 9.47 Å². The molecule has 3 rings (SSSR count). The Morgan fingerprint density at radius 2 is 1.92 bits per heavy atom. The van der Waals surface area contributed by atoms with Crippen LogP contribution in [0.1, 0.15) is 38.2 Å². The Morgan fingerprint density at radius 1 is 1.11 bits per heavy atom. The molecule has 2 heterocycles. The van der Waals surface area contributed by atoms with Crippen molar-refractivity contribution in [2.45, 2.75) is 45.7 Å². The number of hydrogen-bond donors (Lipinski definition) is 2. The first kappa shape index (κ1) is 28.8. The van der Waals surface area contributed by atoms with Crippen LogP contribution in [0, 0.1) is 0 Å². The van der Waals surface area contributed by atoms with E-state index < -0.39 is 0 Å². The van der Waals surface area contributed by atoms with Gasteiger partial charge in [0.1, 0.15) is 6.54 Å². The highest BCUT2D eigenvalue weighted by molar-refractivity contribution is 5.90. The number of amides is 3. The Kier molecular flexibility index (Phi) is 10.8. The van der Waals surface area contributed by atoms with Crippen molar-refractivity contribution in [1.29, 1.82) is 0 Å². The number of rotatable bonds is 14. The fourth-order valence-corrected chi connectivity index (χ4v) is 4.04. The van der Waals surface area contributed by atoms with Gasteiger partial charge in [-0.05, 0) is 36.6 Å². The predicted octanol–water partition coefficient (Wildman–Crippen LogP) is 4.12. The van der Waals surface area contributed by atoms with E-state index in [0.717, 1.165) is 35.7 Å². The summed E-state index contributed by atoms with van der Waals surface area (Å²) in [6.07, 6.45) is 8.86. The van der Waals surface area contributed by atoms with Crippen LogP contribution in [0.3, 0.4) is 0 Å². The summed E-state index contributed by atoms with van der Waals surface area (Å²) in [5.41, 5.74) is 2.25. The molecule has 0 aliphatic heterocycles. The third kappa shape index (κ3) is 7.61. The highest BCUT2D eigenvalue weighted by Crippen LogP contribution is 2.31. The Balaban J connectivity index is 1.78. The maximum Gasteiger partial charge on any atom is 0.322 e. The molecule has 1 aromatic carbocycles. The van der Waals surface area contributed by atoms with Crippen molar-refractivity contribution in [2.75, 3.05) is 46.3 Å². The number of benzene rings is 1. The van der Waals surface area contributed by atoms with Crippen LogP contribution in [-0.2, 0) is 17.9 Å². The van der Waals surface area contributed by atoms with E-state index in [0.29, 0.717) is 43.3 Å². The Morgan fingerprint density at radius 3 is 2.63 bits per heavy atom. The Hall–Kier alpha value is -3.79. The minimum absolute atomic E-state index is 0.0231. The van der Waals surface area contributed by atoms with Crippen LogP contribution in [0.25, 0.3) is 10.9 Å². The number of urea groups is 1. The number of nitrogens with zero attached hydrogens (tertiary/aromatic N) is 4. The molecule has 206 valence electrons. The van der Waals surface area contributed by atoms with Crippen molar-refractivity contribution in [3.8, 4) is 11.5 Å². The van der Waals surface area contributed by atoms with E-state index in [1.54, 1.807) is 61.6 Å². The molecule has 2 aromatic heterocycles. The van der Waals surface area contributed by atoms with Gasteiger partial charge in [-0.1, -0.05) is 19.8 Å². The minimum Gasteiger partial charge on any atom is -0.493 e. The Labute approximate surface area is 224 Å². The van der Waals surface area contributed by atoms with Gasteiger partial charge in [-0.3, -0.25) is 9.78 Å². The second kappa shape index (κ2) is 14.2. The van der Waals surface area contributed by atoms with Gasteiger partial charge >= 0.3 is 6.03 Å². The summed E-state index contributed by atoms with van der Waals surface area (Å²) in [4.78, 5) is 33.1. The fourth-order valence-electron chi connectivity index (χ4n) is 4.04. The second-order valence-corrected chi connectivity index (χ2v) is 9.31. The van der Waals surface area contributed by atoms with Crippen LogP contribution in [0.2, 0.25) is 0 Å². The quantitative estimate of drug-likeness (QED) is 0.307. The van der Waals surface area contributed by atoms with Gasteiger partial charge in [0, 0.05) is 63.3 Å². The number of carbonyl (C=O) groups is 2. The lowest BCUT2D eigenvalue weighted by Crippen LogP contribution is -2.35. The van der Waals surface area contributed by atoms with Crippen LogP contribution < -0.4 is 14.8 Å². The summed E-state index contributed by atoms with van der Waals surface area (Å²) in [7, 11) is 5.03. The molecule has 0 bridgehead atoms. The van der Waals surface area contributed by atoms with Crippen molar-refractivity contribution in [3.05, 3.63) is 48.4 Å². The van der Waals surface area contributed by atoms with Gasteiger partial charge in [0.05, 0.1) is 25.4 Å². The standard InChI is InChI=1S/C28H39N5O5/c1-5-6-7-15-38-26-16-22(9-10-25(26)37-4)30-28(36)33(12-8-14-34)19-21-17-29-18-24-23(21)11-13-32(24)20-27(35)31(2)3/h9-11,13,16-18,34H,5-8,12,14-15,19-20H2,1-4H3,(H,30,36). The summed E-state index contributed by atoms with van der Waals surface area (Å²) >= 11 is 0. The number of methoxy groups -OCH3 is 1. The van der Waals surface area contributed by atoms with Crippen molar-refractivity contribution in [2.24, 2.45) is 0 Å². The third-order valence-corrected chi connectivity index (χ3v) is 6.24. The molecule has 0 radical (unpaired) electrons. The number of carbonyl (C=O) groups excluding carboxylic acids is 2. The van der Waals surface area contributed by atoms with Gasteiger partial charge in [-0.15, -0.1) is 0 Å². The van der Waals surface area contributed by atoms with Crippen LogP contribution >= 0.6 is 0 Å². The highest BCUT2D eigenvalue weighted by atomic mass is 16.5. The molecule has 0 spiro atoms. The number of hydrogen-bond acceptors (Lipinski definition) is 6. The van der Waals surface area contributed by atoms with Crippen molar-refractivity contribution >= 4 is 28.5 Å². The maximum atomic E-state index is 13.3. The molecule has 0 saturated carbocycles. The highest BCUT2D eigenvalue weighted by Gasteiger charge is 2.18. The zero-order valence-electron chi connectivity index (χ0n) is 22.8. The normalized spacial score (nSPS) is 10.9. The van der Waals surface area contributed by atoms with Crippen LogP contribution in [0.5, 0.6) is 11.5 Å². The second-order valence-electron chi connectivity index (χ2n) is 9.31. The number of aliphatic hydroxyl groups excluding tert-OH is 1. The molecule has 3 aromatic rings. The largest absolute Gasteiger partial charge is 0.493 e. The lowest BCUT2D eigenvalue weighted by atomic mass is 10.1. The summed E-state index contributed by atoms with van der Waals surface area (Å²) in [5.74, 6) is 1.16. The summed E-state index contributed by atoms with van der Waals surface area (Å²) in [6, 6.07) is 6.93. The Bertz CT molecular complexity index is 1210. The molecule has 38 heavy (non-hydrogen) atoms. The number of fused-ring (bicyclic) bond motifs is 1. The topological polar surface area (TPSA) is 109 Å². The van der Waals surface area contributed by atoms with Gasteiger partial charge in [-0.2, -0.15) is 0 Å². The molecule has 10 heteroatoms. The molecule has 0 aliphatic carbocycles. The molecule has 0 atom stereocenters. The zero-order chi connectivity index (χ0) is 27.5. The molecular weight excluding hydrogens is 486 g/mol. The van der Waals surface area contributed by atoms with Gasteiger partial charge < -0.3 is 34.3 Å². The van der Waals surface area contributed by atoms with Gasteiger partial charge in [-0.25, -0.2) is 4.79 Å². The van der Waals surface area contributed by atoms with Crippen LogP contribution in [0.4, 0.5) is 10.5 Å². The van der Waals surface area contributed by atoms with Crippen molar-refractivity contribution in [3.63, 3.8) is 0 Å². The number of ether oxygens (including phenoxy) is 2. The third-order valence-electron chi connectivity index (χ3n) is 6.24. The average Bonchev–Trinajstić information content (AvgIpc) is 3.32. The van der Waals surface area contributed by atoms with E-state index in [9.17, 15) is 14.7 Å². The van der Waals surface area contributed by atoms with E-state index >= 15 is 0 Å². The summed E-state index contributed by atoms with van der Waals surface area (Å²) < 4.78 is 13.2. The number of aromatic nitrogens is 2. The molecule has 0 aliphatic rings. The first-order chi connectivity index (χ1) is 18.4. The van der Waals surface area contributed by atoms with E-state index in [-0.39, 0.29) is 25.1 Å². The maximum absolute atomic E-state index is 13.3. The van der Waals surface area contributed by atoms with Crippen molar-refractivity contribution < 1.29 is 24.2 Å². The van der Waals surface area contributed by atoms with Crippen LogP contribution in [-0.4, -0.2) is 77.4 Å². The number of unbranched alkanes of at least 4 members (excludes halogenated alkanes) is 2. The van der Waals surface area contributed by atoms with Crippen LogP contribution in [0.15, 0.2) is 42.9 Å². The minimum atomic E-state index is -0.306. The fraction of sp³-hybridized carbons (Fsp3) is 0.464. The van der Waals surface area contributed by atoms with E-state index in [1.165, 1.54) is 0 Å². The van der Waals surface area contributed by atoms with Crippen molar-refractivity contribution in [1.82, 2.24) is 19.4 Å². The number of anilines is 1. The predicted molar refractivity (Wildman–Crippen MR) is 148 cm³/mol. The summed E-state index contributed by atoms with van der Waals surface area (Å²) in [5, 5.41) is 13.3. The zero-order valence-corrected chi connectivity index (χ0v) is 22.8. The number of nitrogens with one attached hydrogen (secondary N) is 1. The first-order valence-electron chi connectivity index (χ1n) is 13.0. The van der Waals surface area contributed by atoms with Gasteiger partial charge in [0.2, 0.25) is 5.91 Å².